The number of benzene rings is 1. The van der Waals surface area contributed by atoms with Crippen molar-refractivity contribution in [3.63, 3.8) is 0 Å². The van der Waals surface area contributed by atoms with Crippen molar-refractivity contribution in [2.75, 3.05) is 23.4 Å². The first-order valence-corrected chi connectivity index (χ1v) is 9.25. The lowest BCUT2D eigenvalue weighted by atomic mass is 10.2. The normalized spacial score (nSPS) is 13.4. The maximum absolute atomic E-state index is 11.9. The SMILES string of the molecule is O=C(COC(=O)Cc1csc(N2CCCC2=O)n1)Nc1ccccc1[N+](=O)[O-]. The van der Waals surface area contributed by atoms with Crippen molar-refractivity contribution in [2.24, 2.45) is 0 Å². The van der Waals surface area contributed by atoms with E-state index in [0.717, 1.165) is 6.42 Å². The van der Waals surface area contributed by atoms with Crippen LogP contribution in [0.2, 0.25) is 0 Å². The third kappa shape index (κ3) is 4.68. The molecule has 0 aliphatic carbocycles. The van der Waals surface area contributed by atoms with Crippen LogP contribution >= 0.6 is 11.3 Å². The van der Waals surface area contributed by atoms with Gasteiger partial charge in [-0.2, -0.15) is 0 Å². The topological polar surface area (TPSA) is 132 Å². The van der Waals surface area contributed by atoms with Crippen LogP contribution in [0.1, 0.15) is 18.5 Å². The molecule has 0 saturated carbocycles. The van der Waals surface area contributed by atoms with Gasteiger partial charge in [0.25, 0.3) is 11.6 Å². The number of carbonyl (C=O) groups excluding carboxylic acids is 3. The van der Waals surface area contributed by atoms with E-state index in [4.69, 9.17) is 4.74 Å². The van der Waals surface area contributed by atoms with Crippen LogP contribution in [0.3, 0.4) is 0 Å². The molecule has 1 aliphatic heterocycles. The van der Waals surface area contributed by atoms with Crippen molar-refractivity contribution >= 4 is 45.6 Å². The second-order valence-corrected chi connectivity index (χ2v) is 6.77. The fraction of sp³-hybridized carbons (Fsp3) is 0.294. The van der Waals surface area contributed by atoms with E-state index in [1.165, 1.54) is 29.5 Å². The van der Waals surface area contributed by atoms with Crippen molar-refractivity contribution in [2.45, 2.75) is 19.3 Å². The molecule has 2 aromatic rings. The molecule has 0 unspecified atom stereocenters. The van der Waals surface area contributed by atoms with E-state index in [1.807, 2.05) is 0 Å². The molecule has 0 atom stereocenters. The molecule has 1 fully saturated rings. The van der Waals surface area contributed by atoms with Crippen molar-refractivity contribution in [3.8, 4) is 0 Å². The zero-order valence-corrected chi connectivity index (χ0v) is 15.4. The maximum atomic E-state index is 11.9. The minimum Gasteiger partial charge on any atom is -0.455 e. The second-order valence-electron chi connectivity index (χ2n) is 5.93. The van der Waals surface area contributed by atoms with Crippen LogP contribution in [0.5, 0.6) is 0 Å². The predicted molar refractivity (Wildman–Crippen MR) is 100 cm³/mol. The van der Waals surface area contributed by atoms with Gasteiger partial charge in [-0.3, -0.25) is 29.4 Å². The first-order valence-electron chi connectivity index (χ1n) is 8.37. The van der Waals surface area contributed by atoms with E-state index in [2.05, 4.69) is 10.3 Å². The Kier molecular flexibility index (Phi) is 5.94. The predicted octanol–water partition coefficient (Wildman–Crippen LogP) is 1.90. The number of hydrogen-bond donors (Lipinski definition) is 1. The molecule has 1 aliphatic rings. The summed E-state index contributed by atoms with van der Waals surface area (Å²) in [5.74, 6) is -1.35. The van der Waals surface area contributed by atoms with Crippen LogP contribution in [0.25, 0.3) is 0 Å². The second kappa shape index (κ2) is 8.57. The smallest absolute Gasteiger partial charge is 0.312 e. The van der Waals surface area contributed by atoms with Gasteiger partial charge in [-0.05, 0) is 12.5 Å². The van der Waals surface area contributed by atoms with Crippen molar-refractivity contribution < 1.29 is 24.0 Å². The molecule has 1 N–H and O–H groups in total. The van der Waals surface area contributed by atoms with Crippen molar-refractivity contribution in [3.05, 3.63) is 45.5 Å². The third-order valence-electron chi connectivity index (χ3n) is 3.91. The summed E-state index contributed by atoms with van der Waals surface area (Å²) in [7, 11) is 0. The zero-order chi connectivity index (χ0) is 20.1. The highest BCUT2D eigenvalue weighted by Gasteiger charge is 2.24. The Morgan fingerprint density at radius 3 is 2.86 bits per heavy atom. The van der Waals surface area contributed by atoms with E-state index in [-0.39, 0.29) is 23.7 Å². The Bertz CT molecular complexity index is 928. The molecule has 0 radical (unpaired) electrons. The van der Waals surface area contributed by atoms with Crippen LogP contribution in [0.15, 0.2) is 29.6 Å². The third-order valence-corrected chi connectivity index (χ3v) is 4.82. The molecule has 28 heavy (non-hydrogen) atoms. The summed E-state index contributed by atoms with van der Waals surface area (Å²) in [6.07, 6.45) is 1.13. The number of nitrogens with one attached hydrogen (secondary N) is 1. The molecule has 10 nitrogen and oxygen atoms in total. The minimum atomic E-state index is -0.690. The molecule has 1 aromatic carbocycles. The van der Waals surface area contributed by atoms with E-state index in [9.17, 15) is 24.5 Å². The number of aromatic nitrogens is 1. The maximum Gasteiger partial charge on any atom is 0.312 e. The first kappa shape index (κ1) is 19.4. The Labute approximate surface area is 163 Å². The summed E-state index contributed by atoms with van der Waals surface area (Å²) in [5, 5.41) is 15.5. The van der Waals surface area contributed by atoms with Gasteiger partial charge in [0.2, 0.25) is 5.91 Å². The van der Waals surface area contributed by atoms with Crippen LogP contribution < -0.4 is 10.2 Å². The number of nitro groups is 1. The molecule has 1 saturated heterocycles. The minimum absolute atomic E-state index is 0.00940. The molecule has 1 aromatic heterocycles. The quantitative estimate of drug-likeness (QED) is 0.423. The first-order chi connectivity index (χ1) is 13.4. The average molecular weight is 404 g/mol. The summed E-state index contributed by atoms with van der Waals surface area (Å²) in [4.78, 5) is 51.7. The van der Waals surface area contributed by atoms with Gasteiger partial charge >= 0.3 is 5.97 Å². The lowest BCUT2D eigenvalue weighted by Crippen LogP contribution is -2.23. The number of amides is 2. The van der Waals surface area contributed by atoms with Gasteiger partial charge in [-0.25, -0.2) is 4.98 Å². The summed E-state index contributed by atoms with van der Waals surface area (Å²) >= 11 is 1.27. The van der Waals surface area contributed by atoms with Gasteiger partial charge in [0.05, 0.1) is 17.0 Å². The lowest BCUT2D eigenvalue weighted by Gasteiger charge is -2.10. The largest absolute Gasteiger partial charge is 0.455 e. The van der Waals surface area contributed by atoms with Gasteiger partial charge in [0.1, 0.15) is 5.69 Å². The van der Waals surface area contributed by atoms with E-state index < -0.39 is 23.4 Å². The van der Waals surface area contributed by atoms with Crippen molar-refractivity contribution in [1.29, 1.82) is 0 Å². The molecule has 146 valence electrons. The van der Waals surface area contributed by atoms with Crippen LogP contribution in [-0.2, 0) is 25.5 Å². The lowest BCUT2D eigenvalue weighted by molar-refractivity contribution is -0.383. The highest BCUT2D eigenvalue weighted by molar-refractivity contribution is 7.14. The summed E-state index contributed by atoms with van der Waals surface area (Å²) < 4.78 is 4.90. The van der Waals surface area contributed by atoms with Gasteiger partial charge in [0.15, 0.2) is 11.7 Å². The zero-order valence-electron chi connectivity index (χ0n) is 14.6. The summed E-state index contributed by atoms with van der Waals surface area (Å²) in [6.45, 7) is 0.0362. The van der Waals surface area contributed by atoms with Gasteiger partial charge in [-0.15, -0.1) is 11.3 Å². The summed E-state index contributed by atoms with van der Waals surface area (Å²) in [6, 6.07) is 5.66. The van der Waals surface area contributed by atoms with Gasteiger partial charge in [0, 0.05) is 24.4 Å². The number of para-hydroxylation sites is 2. The van der Waals surface area contributed by atoms with E-state index in [1.54, 1.807) is 16.3 Å². The fourth-order valence-electron chi connectivity index (χ4n) is 2.62. The molecular weight excluding hydrogens is 388 g/mol. The number of hydrogen-bond acceptors (Lipinski definition) is 8. The van der Waals surface area contributed by atoms with E-state index in [0.29, 0.717) is 23.8 Å². The number of nitro benzene ring substituents is 1. The number of rotatable bonds is 7. The van der Waals surface area contributed by atoms with E-state index >= 15 is 0 Å². The molecule has 0 bridgehead atoms. The van der Waals surface area contributed by atoms with Gasteiger partial charge in [-0.1, -0.05) is 12.1 Å². The Morgan fingerprint density at radius 2 is 2.14 bits per heavy atom. The average Bonchev–Trinajstić information content (AvgIpc) is 3.29. The highest BCUT2D eigenvalue weighted by Crippen LogP contribution is 2.25. The number of esters is 1. The Balaban J connectivity index is 1.49. The van der Waals surface area contributed by atoms with Crippen LogP contribution in [0.4, 0.5) is 16.5 Å². The monoisotopic (exact) mass is 404 g/mol. The molecule has 0 spiro atoms. The standard InChI is InChI=1S/C17H16N4O6S/c22-14(19-12-4-1-2-5-13(12)21(25)26)9-27-16(24)8-11-10-28-17(18-11)20-7-3-6-15(20)23/h1-2,4-5,10H,3,6-9H2,(H,19,22). The van der Waals surface area contributed by atoms with Crippen molar-refractivity contribution in [1.82, 2.24) is 4.98 Å². The summed E-state index contributed by atoms with van der Waals surface area (Å²) in [5.41, 5.74) is 0.213. The molecule has 2 heterocycles. The fourth-order valence-corrected chi connectivity index (χ4v) is 3.49. The van der Waals surface area contributed by atoms with Crippen LogP contribution in [0, 0.1) is 10.1 Å². The Morgan fingerprint density at radius 1 is 1.36 bits per heavy atom. The molecule has 11 heteroatoms. The van der Waals surface area contributed by atoms with Crippen LogP contribution in [-0.4, -0.2) is 40.8 Å². The number of ether oxygens (including phenoxy) is 1. The number of nitrogens with zero attached hydrogens (tertiary/aromatic N) is 3. The number of carbonyl (C=O) groups is 3. The number of thiazole rings is 1. The number of anilines is 2. The molecule has 3 rings (SSSR count). The molecular formula is C17H16N4O6S. The molecule has 2 amide bonds. The van der Waals surface area contributed by atoms with Gasteiger partial charge < -0.3 is 10.1 Å². The Hall–Kier alpha value is -3.34. The highest BCUT2D eigenvalue weighted by atomic mass is 32.1.